The Balaban J connectivity index is 1.81. The van der Waals surface area contributed by atoms with E-state index >= 15 is 0 Å². The zero-order valence-corrected chi connectivity index (χ0v) is 14.8. The number of ether oxygens (including phenoxy) is 1. The quantitative estimate of drug-likeness (QED) is 0.769. The number of rotatable bonds is 7. The van der Waals surface area contributed by atoms with Gasteiger partial charge in [0.25, 0.3) is 5.91 Å². The van der Waals surface area contributed by atoms with Crippen molar-refractivity contribution in [3.63, 3.8) is 0 Å². The lowest BCUT2D eigenvalue weighted by atomic mass is 10.3. The Morgan fingerprint density at radius 3 is 2.44 bits per heavy atom. The van der Waals surface area contributed by atoms with Gasteiger partial charge in [-0.2, -0.15) is 0 Å². The second-order valence-corrected chi connectivity index (χ2v) is 6.39. The minimum Gasteiger partial charge on any atom is -0.484 e. The number of thioether (sulfide) groups is 1. The monoisotopic (exact) mass is 362 g/mol. The van der Waals surface area contributed by atoms with Gasteiger partial charge < -0.3 is 15.0 Å². The van der Waals surface area contributed by atoms with E-state index in [-0.39, 0.29) is 30.0 Å². The fraction of sp³-hybridized carbons (Fsp3) is 0.222. The number of carbonyl (C=O) groups excluding carboxylic acids is 2. The van der Waals surface area contributed by atoms with E-state index in [0.29, 0.717) is 16.3 Å². The van der Waals surface area contributed by atoms with E-state index in [1.165, 1.54) is 11.0 Å². The summed E-state index contributed by atoms with van der Waals surface area (Å²) in [5.41, 5.74) is 0.602. The molecule has 0 unspecified atom stereocenters. The van der Waals surface area contributed by atoms with Gasteiger partial charge in [-0.3, -0.25) is 9.59 Å². The number of carbonyl (C=O) groups is 2. The highest BCUT2D eigenvalue weighted by atomic mass is 32.2. The largest absolute Gasteiger partial charge is 0.484 e. The molecule has 0 aliphatic heterocycles. The molecule has 7 heteroatoms. The van der Waals surface area contributed by atoms with Crippen LogP contribution in [0.4, 0.5) is 10.1 Å². The van der Waals surface area contributed by atoms with Gasteiger partial charge in [0.2, 0.25) is 5.91 Å². The molecular weight excluding hydrogens is 343 g/mol. The summed E-state index contributed by atoms with van der Waals surface area (Å²) < 4.78 is 18.9. The van der Waals surface area contributed by atoms with Crippen LogP contribution in [0.5, 0.6) is 5.75 Å². The first-order chi connectivity index (χ1) is 12.0. The summed E-state index contributed by atoms with van der Waals surface area (Å²) in [6.45, 7) is -0.0437. The molecule has 0 atom stereocenters. The van der Waals surface area contributed by atoms with Gasteiger partial charge in [0.1, 0.15) is 11.6 Å². The van der Waals surface area contributed by atoms with Crippen molar-refractivity contribution in [3.05, 3.63) is 54.3 Å². The Kier molecular flexibility index (Phi) is 6.82. The first kappa shape index (κ1) is 18.8. The van der Waals surface area contributed by atoms with Crippen LogP contribution >= 0.6 is 11.8 Å². The van der Waals surface area contributed by atoms with Crippen molar-refractivity contribution in [1.82, 2.24) is 4.90 Å². The molecule has 0 saturated carbocycles. The summed E-state index contributed by atoms with van der Waals surface area (Å²) in [5, 5.41) is 2.73. The van der Waals surface area contributed by atoms with Crippen molar-refractivity contribution in [2.75, 3.05) is 31.8 Å². The van der Waals surface area contributed by atoms with Gasteiger partial charge >= 0.3 is 0 Å². The third-order valence-electron chi connectivity index (χ3n) is 3.19. The molecule has 0 fully saturated rings. The van der Waals surface area contributed by atoms with Crippen LogP contribution in [-0.4, -0.2) is 43.2 Å². The van der Waals surface area contributed by atoms with Gasteiger partial charge in [0.05, 0.1) is 5.75 Å². The van der Waals surface area contributed by atoms with E-state index in [1.54, 1.807) is 56.6 Å². The van der Waals surface area contributed by atoms with E-state index in [4.69, 9.17) is 4.74 Å². The number of nitrogens with zero attached hydrogens (tertiary/aromatic N) is 1. The van der Waals surface area contributed by atoms with Gasteiger partial charge in [-0.1, -0.05) is 12.1 Å². The molecule has 0 heterocycles. The first-order valence-electron chi connectivity index (χ1n) is 7.56. The van der Waals surface area contributed by atoms with Crippen molar-refractivity contribution in [2.24, 2.45) is 0 Å². The third-order valence-corrected chi connectivity index (χ3v) is 4.24. The minimum absolute atomic E-state index is 0.0437. The highest BCUT2D eigenvalue weighted by Gasteiger charge is 2.08. The number of halogens is 1. The number of benzene rings is 2. The number of hydrogen-bond acceptors (Lipinski definition) is 4. The maximum absolute atomic E-state index is 13.5. The second kappa shape index (κ2) is 9.08. The van der Waals surface area contributed by atoms with E-state index < -0.39 is 0 Å². The summed E-state index contributed by atoms with van der Waals surface area (Å²) in [7, 11) is 3.31. The third kappa shape index (κ3) is 6.11. The molecule has 0 aliphatic rings. The maximum atomic E-state index is 13.5. The molecule has 132 valence electrons. The van der Waals surface area contributed by atoms with Crippen LogP contribution in [0, 0.1) is 5.82 Å². The number of hydrogen-bond donors (Lipinski definition) is 1. The van der Waals surface area contributed by atoms with Gasteiger partial charge in [0.15, 0.2) is 6.61 Å². The Hall–Kier alpha value is -2.54. The lowest BCUT2D eigenvalue weighted by Crippen LogP contribution is -2.27. The predicted octanol–water partition coefficient (Wildman–Crippen LogP) is 3.02. The zero-order chi connectivity index (χ0) is 18.2. The second-order valence-electron chi connectivity index (χ2n) is 5.37. The standard InChI is InChI=1S/C18H19FN2O3S/c1-21(2)18(23)11-24-14-9-7-13(8-10-14)20-17(22)12-25-16-6-4-3-5-15(16)19/h3-10H,11-12H2,1-2H3,(H,20,22). The van der Waals surface area contributed by atoms with Crippen LogP contribution in [0.3, 0.4) is 0 Å². The molecule has 2 amide bonds. The van der Waals surface area contributed by atoms with E-state index in [2.05, 4.69) is 5.32 Å². The summed E-state index contributed by atoms with van der Waals surface area (Å²) in [6.07, 6.45) is 0. The van der Waals surface area contributed by atoms with Crippen LogP contribution in [0.1, 0.15) is 0 Å². The van der Waals surface area contributed by atoms with Crippen LogP contribution < -0.4 is 10.1 Å². The Labute approximate surface area is 150 Å². The molecule has 2 rings (SSSR count). The summed E-state index contributed by atoms with van der Waals surface area (Å²) in [6, 6.07) is 13.0. The molecule has 25 heavy (non-hydrogen) atoms. The Morgan fingerprint density at radius 1 is 1.12 bits per heavy atom. The lowest BCUT2D eigenvalue weighted by Gasteiger charge is -2.11. The summed E-state index contributed by atoms with van der Waals surface area (Å²) in [4.78, 5) is 25.3. The van der Waals surface area contributed by atoms with E-state index in [1.807, 2.05) is 0 Å². The number of amides is 2. The average Bonchev–Trinajstić information content (AvgIpc) is 2.60. The van der Waals surface area contributed by atoms with E-state index in [9.17, 15) is 14.0 Å². The normalized spacial score (nSPS) is 10.2. The van der Waals surface area contributed by atoms with Crippen molar-refractivity contribution in [1.29, 1.82) is 0 Å². The molecule has 0 spiro atoms. The molecule has 5 nitrogen and oxygen atoms in total. The molecular formula is C18H19FN2O3S. The lowest BCUT2D eigenvalue weighted by molar-refractivity contribution is -0.130. The number of anilines is 1. The fourth-order valence-corrected chi connectivity index (χ4v) is 2.55. The Bertz CT molecular complexity index is 735. The number of nitrogens with one attached hydrogen (secondary N) is 1. The van der Waals surface area contributed by atoms with Crippen LogP contribution in [-0.2, 0) is 9.59 Å². The predicted molar refractivity (Wildman–Crippen MR) is 96.4 cm³/mol. The van der Waals surface area contributed by atoms with Gasteiger partial charge in [-0.05, 0) is 36.4 Å². The summed E-state index contributed by atoms with van der Waals surface area (Å²) >= 11 is 1.14. The Morgan fingerprint density at radius 2 is 1.80 bits per heavy atom. The summed E-state index contributed by atoms with van der Waals surface area (Å²) in [5.74, 6) is -0.0634. The SMILES string of the molecule is CN(C)C(=O)COc1ccc(NC(=O)CSc2ccccc2F)cc1. The molecule has 2 aromatic carbocycles. The molecule has 0 saturated heterocycles. The molecule has 2 aromatic rings. The van der Waals surface area contributed by atoms with Crippen molar-refractivity contribution >= 4 is 29.3 Å². The van der Waals surface area contributed by atoms with Gasteiger partial charge in [-0.15, -0.1) is 11.8 Å². The smallest absolute Gasteiger partial charge is 0.259 e. The average molecular weight is 362 g/mol. The van der Waals surface area contributed by atoms with Gasteiger partial charge in [-0.25, -0.2) is 4.39 Å². The van der Waals surface area contributed by atoms with Crippen molar-refractivity contribution in [2.45, 2.75) is 4.90 Å². The number of likely N-dealkylation sites (N-methyl/N-ethyl adjacent to an activating group) is 1. The van der Waals surface area contributed by atoms with Crippen LogP contribution in [0.15, 0.2) is 53.4 Å². The zero-order valence-electron chi connectivity index (χ0n) is 14.0. The molecule has 1 N–H and O–H groups in total. The molecule has 0 bridgehead atoms. The molecule has 0 radical (unpaired) electrons. The fourth-order valence-electron chi connectivity index (χ4n) is 1.81. The molecule has 0 aliphatic carbocycles. The van der Waals surface area contributed by atoms with E-state index in [0.717, 1.165) is 11.8 Å². The minimum atomic E-state index is -0.339. The van der Waals surface area contributed by atoms with Crippen LogP contribution in [0.2, 0.25) is 0 Å². The highest BCUT2D eigenvalue weighted by molar-refractivity contribution is 8.00. The first-order valence-corrected chi connectivity index (χ1v) is 8.54. The maximum Gasteiger partial charge on any atom is 0.259 e. The molecule has 0 aromatic heterocycles. The topological polar surface area (TPSA) is 58.6 Å². The van der Waals surface area contributed by atoms with Crippen molar-refractivity contribution in [3.8, 4) is 5.75 Å². The highest BCUT2D eigenvalue weighted by Crippen LogP contribution is 2.21. The van der Waals surface area contributed by atoms with Gasteiger partial charge in [0, 0.05) is 24.7 Å². The van der Waals surface area contributed by atoms with Crippen molar-refractivity contribution < 1.29 is 18.7 Å². The van der Waals surface area contributed by atoms with Crippen LogP contribution in [0.25, 0.3) is 0 Å².